The number of alkyl carbamates (subject to hydrolysis) is 1. The molecule has 0 aliphatic heterocycles. The molecule has 390 valence electrons. The smallest absolute Gasteiger partial charge is 0.407 e. The van der Waals surface area contributed by atoms with Gasteiger partial charge in [0.2, 0.25) is 11.9 Å². The van der Waals surface area contributed by atoms with Crippen LogP contribution in [-0.4, -0.2) is 75.0 Å². The standard InChI is InChI=1S/C32H30ClN5O4S.C24H24ClN5O2S/c33-28-19-34-31(35-23-12-9-13-24(18-23)36-32(39)42-21-22-10-3-1-4-11-22)37-30(28)27-20-38(29-17-8-7-16-26(27)29)43(40,41)25-14-5-2-6-15-25;25-21-14-27-24(28-17-8-6-7-16(26)13-17)29-23(21)20-15-30(22-12-5-4-11-19(20)22)33(31,32)18-9-2-1-3-10-18/h1-8,10-11,14-17,19-20,23-24H,9,12-13,18,21H2,(H,36,39)(H,34,35,37);1-5,9-12,14-17H,6-8,13,26H2,(H,27,28,29)/t23-,24+;16-,17+/m10/s1. The zero-order valence-electron chi connectivity index (χ0n) is 41.0. The molecule has 0 saturated heterocycles. The number of nitrogens with one attached hydrogen (secondary N) is 3. The van der Waals surface area contributed by atoms with Crippen LogP contribution in [0, 0.1) is 0 Å². The Bertz CT molecular complexity index is 3740. The Labute approximate surface area is 450 Å². The van der Waals surface area contributed by atoms with Crippen molar-refractivity contribution in [2.24, 2.45) is 5.73 Å². The van der Waals surface area contributed by atoms with Gasteiger partial charge in [-0.15, -0.1) is 0 Å². The first-order valence-electron chi connectivity index (χ1n) is 24.9. The first kappa shape index (κ1) is 52.1. The monoisotopic (exact) mass is 1100 g/mol. The summed E-state index contributed by atoms with van der Waals surface area (Å²) < 4.78 is 61.9. The lowest BCUT2D eigenvalue weighted by Gasteiger charge is -2.30. The highest BCUT2D eigenvalue weighted by Gasteiger charge is 2.28. The molecule has 2 fully saturated rings. The van der Waals surface area contributed by atoms with Crippen molar-refractivity contribution >= 4 is 83.0 Å². The average molecular weight is 1100 g/mol. The molecular formula is C56H54Cl2N10O6S2. The molecule has 4 heterocycles. The minimum Gasteiger partial charge on any atom is -0.445 e. The molecule has 20 heteroatoms. The molecule has 2 aliphatic rings. The summed E-state index contributed by atoms with van der Waals surface area (Å²) in [6.45, 7) is 0.214. The lowest BCUT2D eigenvalue weighted by Crippen LogP contribution is -2.42. The second-order valence-corrected chi connectivity index (χ2v) is 23.3. The zero-order chi connectivity index (χ0) is 52.8. The van der Waals surface area contributed by atoms with E-state index in [1.54, 1.807) is 97.5 Å². The SMILES string of the molecule is N[C@H]1CCC[C@@H](Nc2ncc(Cl)c(-c3cn(S(=O)(=O)c4ccccc4)c4ccccc34)n2)C1.O=C(N[C@H]1CCC[C@@H](Nc2ncc(Cl)c(-c3cn(S(=O)(=O)c4ccccc4)c4ccccc34)n2)C1)OCc1ccccc1. The Kier molecular flexibility index (Phi) is 15.7. The van der Waals surface area contributed by atoms with Crippen LogP contribution in [0.1, 0.15) is 56.9 Å². The second-order valence-electron chi connectivity index (χ2n) is 18.8. The predicted octanol–water partition coefficient (Wildman–Crippen LogP) is 11.3. The number of ether oxygens (including phenoxy) is 1. The normalized spacial score (nSPS) is 17.8. The van der Waals surface area contributed by atoms with Crippen molar-refractivity contribution in [3.05, 3.63) is 180 Å². The zero-order valence-corrected chi connectivity index (χ0v) is 44.2. The van der Waals surface area contributed by atoms with Gasteiger partial charge in [0.05, 0.1) is 54.7 Å². The second kappa shape index (κ2) is 22.9. The number of benzene rings is 5. The minimum absolute atomic E-state index is 0.0157. The molecule has 9 aromatic rings. The fraction of sp³-hybridized carbons (Fsp3) is 0.232. The molecule has 0 radical (unpaired) electrons. The Balaban J connectivity index is 0.000000179. The Hall–Kier alpha value is -7.35. The van der Waals surface area contributed by atoms with E-state index in [-0.39, 0.29) is 40.6 Å². The number of aromatic nitrogens is 6. The topological polar surface area (TPSA) is 218 Å². The summed E-state index contributed by atoms with van der Waals surface area (Å²) in [6, 6.07) is 41.1. The summed E-state index contributed by atoms with van der Waals surface area (Å²) in [5.74, 6) is 0.829. The van der Waals surface area contributed by atoms with Crippen LogP contribution < -0.4 is 21.7 Å². The number of hydrogen-bond acceptors (Lipinski definition) is 13. The fourth-order valence-electron chi connectivity index (χ4n) is 9.85. The van der Waals surface area contributed by atoms with Crippen molar-refractivity contribution in [2.45, 2.75) is 91.9 Å². The van der Waals surface area contributed by atoms with Gasteiger partial charge in [0.1, 0.15) is 6.61 Å². The molecule has 0 unspecified atom stereocenters. The number of halogens is 2. The predicted molar refractivity (Wildman–Crippen MR) is 297 cm³/mol. The molecule has 2 saturated carbocycles. The van der Waals surface area contributed by atoms with Gasteiger partial charge < -0.3 is 26.4 Å². The number of nitrogens with zero attached hydrogens (tertiary/aromatic N) is 6. The summed E-state index contributed by atoms with van der Waals surface area (Å²) in [7, 11) is -7.67. The van der Waals surface area contributed by atoms with Crippen LogP contribution in [-0.2, 0) is 31.4 Å². The highest BCUT2D eigenvalue weighted by Crippen LogP contribution is 2.38. The highest BCUT2D eigenvalue weighted by atomic mass is 35.5. The van der Waals surface area contributed by atoms with Gasteiger partial charge in [-0.2, -0.15) is 0 Å². The molecule has 11 rings (SSSR count). The first-order chi connectivity index (χ1) is 36.8. The van der Waals surface area contributed by atoms with Crippen molar-refractivity contribution in [3.63, 3.8) is 0 Å². The molecular weight excluding hydrogens is 1040 g/mol. The number of para-hydroxylation sites is 2. The van der Waals surface area contributed by atoms with Crippen LogP contribution >= 0.6 is 23.2 Å². The summed E-state index contributed by atoms with van der Waals surface area (Å²) in [5, 5.41) is 11.8. The van der Waals surface area contributed by atoms with E-state index in [0.717, 1.165) is 55.9 Å². The third kappa shape index (κ3) is 11.6. The van der Waals surface area contributed by atoms with E-state index in [9.17, 15) is 21.6 Å². The number of hydrogen-bond donors (Lipinski definition) is 4. The molecule has 5 aromatic carbocycles. The van der Waals surface area contributed by atoms with Gasteiger partial charge in [-0.25, -0.2) is 49.5 Å². The van der Waals surface area contributed by atoms with Gasteiger partial charge in [-0.3, -0.25) is 0 Å². The van der Waals surface area contributed by atoms with Gasteiger partial charge in [0.25, 0.3) is 20.0 Å². The fourth-order valence-corrected chi connectivity index (χ4v) is 13.0. The van der Waals surface area contributed by atoms with E-state index >= 15 is 0 Å². The number of carbonyl (C=O) groups excluding carboxylic acids is 1. The summed E-state index contributed by atoms with van der Waals surface area (Å²) in [4.78, 5) is 31.0. The van der Waals surface area contributed by atoms with E-state index in [0.29, 0.717) is 67.3 Å². The van der Waals surface area contributed by atoms with Crippen molar-refractivity contribution < 1.29 is 26.4 Å². The van der Waals surface area contributed by atoms with Crippen molar-refractivity contribution in [2.75, 3.05) is 10.6 Å². The first-order valence-corrected chi connectivity index (χ1v) is 28.6. The largest absolute Gasteiger partial charge is 0.445 e. The molecule has 4 atom stereocenters. The summed E-state index contributed by atoms with van der Waals surface area (Å²) in [6.07, 6.45) is 13.0. The van der Waals surface area contributed by atoms with Gasteiger partial charge >= 0.3 is 6.09 Å². The van der Waals surface area contributed by atoms with Crippen molar-refractivity contribution in [1.29, 1.82) is 0 Å². The van der Waals surface area contributed by atoms with Gasteiger partial charge in [-0.05, 0) is 93.3 Å². The molecule has 4 aromatic heterocycles. The molecule has 0 bridgehead atoms. The van der Waals surface area contributed by atoms with Crippen molar-refractivity contribution in [3.8, 4) is 22.5 Å². The minimum atomic E-state index is -3.86. The van der Waals surface area contributed by atoms with E-state index in [1.807, 2.05) is 60.7 Å². The number of carbonyl (C=O) groups is 1. The number of nitrogens with two attached hydrogens (primary N) is 1. The maximum absolute atomic E-state index is 13.6. The van der Waals surface area contributed by atoms with E-state index in [1.165, 1.54) is 14.1 Å². The number of amides is 1. The van der Waals surface area contributed by atoms with Gasteiger partial charge in [0, 0.05) is 58.5 Å². The van der Waals surface area contributed by atoms with E-state index < -0.39 is 26.1 Å². The number of fused-ring (bicyclic) bond motifs is 2. The van der Waals surface area contributed by atoms with Crippen LogP contribution in [0.2, 0.25) is 10.0 Å². The maximum atomic E-state index is 13.6. The van der Waals surface area contributed by atoms with Crippen LogP contribution in [0.4, 0.5) is 16.7 Å². The van der Waals surface area contributed by atoms with Gasteiger partial charge in [-0.1, -0.05) is 126 Å². The summed E-state index contributed by atoms with van der Waals surface area (Å²) in [5.41, 5.74) is 10.2. The van der Waals surface area contributed by atoms with Crippen LogP contribution in [0.3, 0.4) is 0 Å². The Morgan fingerprint density at radius 3 is 1.51 bits per heavy atom. The Morgan fingerprint density at radius 1 is 0.579 bits per heavy atom. The van der Waals surface area contributed by atoms with Crippen LogP contribution in [0.25, 0.3) is 44.3 Å². The van der Waals surface area contributed by atoms with Gasteiger partial charge in [0.15, 0.2) is 0 Å². The summed E-state index contributed by atoms with van der Waals surface area (Å²) >= 11 is 13.1. The van der Waals surface area contributed by atoms with E-state index in [2.05, 4.69) is 30.9 Å². The van der Waals surface area contributed by atoms with Crippen LogP contribution in [0.5, 0.6) is 0 Å². The number of rotatable bonds is 13. The number of anilines is 2. The third-order valence-electron chi connectivity index (χ3n) is 13.5. The molecule has 16 nitrogen and oxygen atoms in total. The van der Waals surface area contributed by atoms with Crippen LogP contribution in [0.15, 0.2) is 174 Å². The lowest BCUT2D eigenvalue weighted by atomic mass is 9.91. The lowest BCUT2D eigenvalue weighted by molar-refractivity contribution is 0.132. The Morgan fingerprint density at radius 2 is 1.01 bits per heavy atom. The maximum Gasteiger partial charge on any atom is 0.407 e. The van der Waals surface area contributed by atoms with Crippen molar-refractivity contribution in [1.82, 2.24) is 33.2 Å². The molecule has 76 heavy (non-hydrogen) atoms. The highest BCUT2D eigenvalue weighted by molar-refractivity contribution is 7.90. The quantitative estimate of drug-likeness (QED) is 0.0846. The molecule has 1 amide bonds. The molecule has 2 aliphatic carbocycles. The average Bonchev–Trinajstić information content (AvgIpc) is 4.07. The third-order valence-corrected chi connectivity index (χ3v) is 17.5. The molecule has 5 N–H and O–H groups in total. The van der Waals surface area contributed by atoms with E-state index in [4.69, 9.17) is 38.7 Å². The molecule has 0 spiro atoms.